The van der Waals surface area contributed by atoms with Crippen LogP contribution in [0.2, 0.25) is 0 Å². The molecule has 0 saturated carbocycles. The first kappa shape index (κ1) is 17.4. The molecule has 3 heterocycles. The van der Waals surface area contributed by atoms with Gasteiger partial charge in [-0.3, -0.25) is 9.67 Å². The molecule has 1 unspecified atom stereocenters. The minimum atomic E-state index is -0.114. The van der Waals surface area contributed by atoms with Crippen molar-refractivity contribution in [1.29, 1.82) is 5.26 Å². The van der Waals surface area contributed by atoms with Crippen molar-refractivity contribution in [3.63, 3.8) is 0 Å². The van der Waals surface area contributed by atoms with E-state index in [1.54, 1.807) is 17.1 Å². The standard InChI is InChI=1S/C22H20N6O/c1-14-16(9-23)10-24-22-19(14)4-3-5-21(22)29-18-7-6-15-11-26-28(20(15)8-18)17-12-25-27(2)13-17/h6-8,10-13,21H,3-5H2,1-2H3. The molecular formula is C22H20N6O. The van der Waals surface area contributed by atoms with Gasteiger partial charge in [0.2, 0.25) is 0 Å². The van der Waals surface area contributed by atoms with E-state index in [0.717, 1.165) is 58.4 Å². The highest BCUT2D eigenvalue weighted by Gasteiger charge is 2.26. The molecule has 0 N–H and O–H groups in total. The Morgan fingerprint density at radius 1 is 1.21 bits per heavy atom. The van der Waals surface area contributed by atoms with Gasteiger partial charge in [-0.2, -0.15) is 15.5 Å². The van der Waals surface area contributed by atoms with Gasteiger partial charge in [0.1, 0.15) is 23.6 Å². The van der Waals surface area contributed by atoms with E-state index in [1.165, 1.54) is 0 Å². The highest BCUT2D eigenvalue weighted by atomic mass is 16.5. The number of rotatable bonds is 3. The summed E-state index contributed by atoms with van der Waals surface area (Å²) >= 11 is 0. The van der Waals surface area contributed by atoms with Gasteiger partial charge in [-0.15, -0.1) is 0 Å². The van der Waals surface area contributed by atoms with Crippen molar-refractivity contribution < 1.29 is 4.74 Å². The van der Waals surface area contributed by atoms with Gasteiger partial charge in [-0.05, 0) is 49.4 Å². The Balaban J connectivity index is 1.51. The van der Waals surface area contributed by atoms with Crippen LogP contribution >= 0.6 is 0 Å². The lowest BCUT2D eigenvalue weighted by Gasteiger charge is -2.26. The lowest BCUT2D eigenvalue weighted by atomic mass is 9.89. The first-order valence-corrected chi connectivity index (χ1v) is 9.66. The summed E-state index contributed by atoms with van der Waals surface area (Å²) < 4.78 is 10.00. The molecule has 29 heavy (non-hydrogen) atoms. The van der Waals surface area contributed by atoms with E-state index in [0.29, 0.717) is 5.56 Å². The van der Waals surface area contributed by atoms with E-state index in [4.69, 9.17) is 4.74 Å². The average Bonchev–Trinajstić information content (AvgIpc) is 3.34. The van der Waals surface area contributed by atoms with Crippen molar-refractivity contribution in [3.05, 3.63) is 65.4 Å². The molecule has 7 nitrogen and oxygen atoms in total. The van der Waals surface area contributed by atoms with Gasteiger partial charge in [0.25, 0.3) is 0 Å². The highest BCUT2D eigenvalue weighted by Crippen LogP contribution is 2.35. The molecule has 4 aromatic rings. The van der Waals surface area contributed by atoms with Gasteiger partial charge in [0, 0.05) is 24.7 Å². The number of hydrogen-bond acceptors (Lipinski definition) is 5. The molecule has 0 bridgehead atoms. The van der Waals surface area contributed by atoms with Crippen molar-refractivity contribution in [2.24, 2.45) is 7.05 Å². The van der Waals surface area contributed by atoms with Crippen LogP contribution in [0.1, 0.15) is 41.3 Å². The van der Waals surface area contributed by atoms with E-state index in [2.05, 4.69) is 21.3 Å². The molecular weight excluding hydrogens is 364 g/mol. The number of hydrogen-bond donors (Lipinski definition) is 0. The van der Waals surface area contributed by atoms with Crippen LogP contribution in [0.4, 0.5) is 0 Å². The van der Waals surface area contributed by atoms with Gasteiger partial charge in [0.05, 0.1) is 35.4 Å². The zero-order chi connectivity index (χ0) is 20.0. The first-order chi connectivity index (χ1) is 14.1. The molecule has 0 amide bonds. The predicted octanol–water partition coefficient (Wildman–Crippen LogP) is 3.79. The summed E-state index contributed by atoms with van der Waals surface area (Å²) in [4.78, 5) is 4.57. The summed E-state index contributed by atoms with van der Waals surface area (Å²) in [5.41, 5.74) is 5.65. The fourth-order valence-corrected chi connectivity index (χ4v) is 4.04. The molecule has 3 aromatic heterocycles. The number of ether oxygens (including phenoxy) is 1. The number of aryl methyl sites for hydroxylation is 1. The molecule has 1 atom stereocenters. The summed E-state index contributed by atoms with van der Waals surface area (Å²) in [5, 5.41) is 19.1. The van der Waals surface area contributed by atoms with Crippen LogP contribution in [0.25, 0.3) is 16.6 Å². The maximum absolute atomic E-state index is 9.29. The number of nitrogens with zero attached hydrogens (tertiary/aromatic N) is 6. The monoisotopic (exact) mass is 384 g/mol. The first-order valence-electron chi connectivity index (χ1n) is 9.66. The van der Waals surface area contributed by atoms with Gasteiger partial charge < -0.3 is 4.74 Å². The summed E-state index contributed by atoms with van der Waals surface area (Å²) in [5.74, 6) is 0.782. The lowest BCUT2D eigenvalue weighted by Crippen LogP contribution is -2.18. The fraction of sp³-hybridized carbons (Fsp3) is 0.273. The van der Waals surface area contributed by atoms with Crippen molar-refractivity contribution in [2.45, 2.75) is 32.3 Å². The molecule has 5 rings (SSSR count). The van der Waals surface area contributed by atoms with E-state index >= 15 is 0 Å². The Labute approximate surface area is 168 Å². The Kier molecular flexibility index (Phi) is 4.06. The second-order valence-corrected chi connectivity index (χ2v) is 7.42. The molecule has 1 aliphatic carbocycles. The second kappa shape index (κ2) is 6.74. The lowest BCUT2D eigenvalue weighted by molar-refractivity contribution is 0.178. The Morgan fingerprint density at radius 2 is 2.10 bits per heavy atom. The smallest absolute Gasteiger partial charge is 0.141 e. The zero-order valence-corrected chi connectivity index (χ0v) is 16.3. The third kappa shape index (κ3) is 2.93. The van der Waals surface area contributed by atoms with Crippen LogP contribution in [-0.2, 0) is 13.5 Å². The molecule has 0 fully saturated rings. The molecule has 7 heteroatoms. The minimum Gasteiger partial charge on any atom is -0.484 e. The molecule has 0 radical (unpaired) electrons. The predicted molar refractivity (Wildman–Crippen MR) is 108 cm³/mol. The van der Waals surface area contributed by atoms with E-state index in [1.807, 2.05) is 49.2 Å². The summed E-state index contributed by atoms with van der Waals surface area (Å²) in [6.45, 7) is 2.00. The minimum absolute atomic E-state index is 0.114. The third-order valence-electron chi connectivity index (χ3n) is 5.57. The summed E-state index contributed by atoms with van der Waals surface area (Å²) in [6.07, 6.45) is 9.98. The molecule has 0 aliphatic heterocycles. The number of nitriles is 1. The molecule has 1 aliphatic rings. The molecule has 0 saturated heterocycles. The second-order valence-electron chi connectivity index (χ2n) is 7.42. The fourth-order valence-electron chi connectivity index (χ4n) is 4.04. The van der Waals surface area contributed by atoms with E-state index in [-0.39, 0.29) is 6.10 Å². The maximum atomic E-state index is 9.29. The van der Waals surface area contributed by atoms with Crippen LogP contribution in [-0.4, -0.2) is 24.5 Å². The van der Waals surface area contributed by atoms with E-state index in [9.17, 15) is 5.26 Å². The van der Waals surface area contributed by atoms with Crippen molar-refractivity contribution in [2.75, 3.05) is 0 Å². The van der Waals surface area contributed by atoms with Gasteiger partial charge in [-0.25, -0.2) is 4.68 Å². The van der Waals surface area contributed by atoms with E-state index < -0.39 is 0 Å². The summed E-state index contributed by atoms with van der Waals surface area (Å²) in [6, 6.07) is 8.24. The van der Waals surface area contributed by atoms with Crippen LogP contribution in [0.3, 0.4) is 0 Å². The van der Waals surface area contributed by atoms with Gasteiger partial charge in [0.15, 0.2) is 0 Å². The maximum Gasteiger partial charge on any atom is 0.141 e. The van der Waals surface area contributed by atoms with Gasteiger partial charge >= 0.3 is 0 Å². The summed E-state index contributed by atoms with van der Waals surface area (Å²) in [7, 11) is 1.89. The highest BCUT2D eigenvalue weighted by molar-refractivity contribution is 5.81. The van der Waals surface area contributed by atoms with Crippen LogP contribution in [0.5, 0.6) is 5.75 Å². The molecule has 1 aromatic carbocycles. The van der Waals surface area contributed by atoms with Crippen molar-refractivity contribution in [3.8, 4) is 17.5 Å². The number of aromatic nitrogens is 5. The molecule has 144 valence electrons. The van der Waals surface area contributed by atoms with Crippen LogP contribution < -0.4 is 4.74 Å². The Bertz CT molecular complexity index is 1260. The van der Waals surface area contributed by atoms with Crippen LogP contribution in [0.15, 0.2) is 43.0 Å². The number of pyridine rings is 1. The Hall–Kier alpha value is -3.66. The quantitative estimate of drug-likeness (QED) is 0.537. The van der Waals surface area contributed by atoms with Crippen LogP contribution in [0, 0.1) is 18.3 Å². The number of fused-ring (bicyclic) bond motifs is 2. The van der Waals surface area contributed by atoms with Gasteiger partial charge in [-0.1, -0.05) is 0 Å². The third-order valence-corrected chi connectivity index (χ3v) is 5.57. The largest absolute Gasteiger partial charge is 0.484 e. The topological polar surface area (TPSA) is 81.6 Å². The van der Waals surface area contributed by atoms with Crippen molar-refractivity contribution in [1.82, 2.24) is 24.5 Å². The SMILES string of the molecule is Cc1c(C#N)cnc2c1CCCC2Oc1ccc2cnn(-c3cnn(C)c3)c2c1. The Morgan fingerprint density at radius 3 is 2.90 bits per heavy atom. The average molecular weight is 384 g/mol. The molecule has 0 spiro atoms. The van der Waals surface area contributed by atoms with Crippen molar-refractivity contribution >= 4 is 10.9 Å². The number of benzene rings is 1. The normalized spacial score (nSPS) is 15.8. The zero-order valence-electron chi connectivity index (χ0n) is 16.3.